The van der Waals surface area contributed by atoms with Gasteiger partial charge < -0.3 is 9.47 Å². The molecule has 1 aromatic heterocycles. The molecule has 0 aliphatic carbocycles. The Balaban J connectivity index is 1.59. The molecule has 2 aromatic carbocycles. The number of aromatic amines is 1. The molecule has 0 saturated heterocycles. The molecule has 3 N–H and O–H groups in total. The van der Waals surface area contributed by atoms with Crippen LogP contribution in [0.5, 0.6) is 11.5 Å². The van der Waals surface area contributed by atoms with Crippen LogP contribution >= 0.6 is 12.2 Å². The molecule has 3 aromatic rings. The van der Waals surface area contributed by atoms with Crippen LogP contribution in [0.2, 0.25) is 0 Å². The van der Waals surface area contributed by atoms with Crippen molar-refractivity contribution in [2.75, 3.05) is 6.61 Å². The van der Waals surface area contributed by atoms with Crippen LogP contribution < -0.4 is 20.3 Å². The third-order valence-electron chi connectivity index (χ3n) is 4.32. The minimum Gasteiger partial charge on any atom is -0.494 e. The number of ether oxygens (including phenoxy) is 2. The van der Waals surface area contributed by atoms with Gasteiger partial charge in [0, 0.05) is 5.56 Å². The van der Waals surface area contributed by atoms with Gasteiger partial charge in [-0.2, -0.15) is 5.10 Å². The van der Waals surface area contributed by atoms with E-state index in [9.17, 15) is 14.0 Å². The SMILES string of the molecule is CCOc1ccc(-c2n[nH]c(=S)n2CC(=O)NNC(=O)C(C)Oc2ccccc2F)cc1. The van der Waals surface area contributed by atoms with Crippen LogP contribution in [0.4, 0.5) is 4.39 Å². The van der Waals surface area contributed by atoms with Gasteiger partial charge in [-0.1, -0.05) is 12.1 Å². The highest BCUT2D eigenvalue weighted by Gasteiger charge is 2.18. The molecule has 0 spiro atoms. The Morgan fingerprint density at radius 2 is 1.91 bits per heavy atom. The summed E-state index contributed by atoms with van der Waals surface area (Å²) in [5.74, 6) is -0.677. The van der Waals surface area contributed by atoms with Gasteiger partial charge in [-0.05, 0) is 62.5 Å². The molecule has 0 aliphatic heterocycles. The maximum Gasteiger partial charge on any atom is 0.279 e. The predicted molar refractivity (Wildman–Crippen MR) is 117 cm³/mol. The topological polar surface area (TPSA) is 110 Å². The highest BCUT2D eigenvalue weighted by molar-refractivity contribution is 7.71. The maximum absolute atomic E-state index is 13.7. The van der Waals surface area contributed by atoms with Crippen molar-refractivity contribution < 1.29 is 23.5 Å². The number of carbonyl (C=O) groups is 2. The van der Waals surface area contributed by atoms with Crippen molar-refractivity contribution in [3.8, 4) is 22.9 Å². The second kappa shape index (κ2) is 10.5. The summed E-state index contributed by atoms with van der Waals surface area (Å²) in [6.07, 6.45) is -1.04. The summed E-state index contributed by atoms with van der Waals surface area (Å²) in [5, 5.41) is 6.83. The molecule has 2 amide bonds. The maximum atomic E-state index is 13.7. The van der Waals surface area contributed by atoms with Crippen molar-refractivity contribution in [1.82, 2.24) is 25.6 Å². The van der Waals surface area contributed by atoms with Crippen LogP contribution in [-0.2, 0) is 16.1 Å². The number of carbonyl (C=O) groups excluding carboxylic acids is 2. The second-order valence-electron chi connectivity index (χ2n) is 6.62. The summed E-state index contributed by atoms with van der Waals surface area (Å²) in [4.78, 5) is 24.5. The molecular weight excluding hydrogens is 437 g/mol. The van der Waals surface area contributed by atoms with Crippen LogP contribution in [0.15, 0.2) is 48.5 Å². The number of amides is 2. The number of hydrazine groups is 1. The zero-order valence-electron chi connectivity index (χ0n) is 17.4. The Labute approximate surface area is 188 Å². The number of nitrogens with zero attached hydrogens (tertiary/aromatic N) is 2. The third kappa shape index (κ3) is 5.70. The molecule has 32 heavy (non-hydrogen) atoms. The van der Waals surface area contributed by atoms with Crippen molar-refractivity contribution >= 4 is 24.0 Å². The number of benzene rings is 2. The molecule has 0 saturated carbocycles. The second-order valence-corrected chi connectivity index (χ2v) is 7.01. The summed E-state index contributed by atoms with van der Waals surface area (Å²) in [6.45, 7) is 3.68. The summed E-state index contributed by atoms with van der Waals surface area (Å²) in [5.41, 5.74) is 5.27. The molecule has 3 rings (SSSR count). The lowest BCUT2D eigenvalue weighted by Gasteiger charge is -2.15. The summed E-state index contributed by atoms with van der Waals surface area (Å²) < 4.78 is 26.1. The summed E-state index contributed by atoms with van der Waals surface area (Å²) >= 11 is 5.22. The molecule has 168 valence electrons. The lowest BCUT2D eigenvalue weighted by atomic mass is 10.2. The normalized spacial score (nSPS) is 11.5. The lowest BCUT2D eigenvalue weighted by Crippen LogP contribution is -2.48. The van der Waals surface area contributed by atoms with Crippen LogP contribution in [0.1, 0.15) is 13.8 Å². The van der Waals surface area contributed by atoms with E-state index < -0.39 is 23.7 Å². The Morgan fingerprint density at radius 3 is 2.59 bits per heavy atom. The number of hydrogen-bond donors (Lipinski definition) is 3. The van der Waals surface area contributed by atoms with E-state index in [2.05, 4.69) is 21.0 Å². The Kier molecular flexibility index (Phi) is 7.55. The van der Waals surface area contributed by atoms with E-state index in [4.69, 9.17) is 21.7 Å². The number of nitrogens with one attached hydrogen (secondary N) is 3. The number of hydrogen-bond acceptors (Lipinski definition) is 6. The Morgan fingerprint density at radius 1 is 1.19 bits per heavy atom. The van der Waals surface area contributed by atoms with Crippen molar-refractivity contribution in [3.05, 3.63) is 59.1 Å². The molecule has 9 nitrogen and oxygen atoms in total. The highest BCUT2D eigenvalue weighted by Crippen LogP contribution is 2.21. The van der Waals surface area contributed by atoms with Gasteiger partial charge in [0.25, 0.3) is 11.8 Å². The largest absolute Gasteiger partial charge is 0.494 e. The number of H-pyrrole nitrogens is 1. The molecular formula is C21H22FN5O4S. The third-order valence-corrected chi connectivity index (χ3v) is 4.63. The van der Waals surface area contributed by atoms with Gasteiger partial charge in [-0.15, -0.1) is 0 Å². The minimum atomic E-state index is -1.04. The lowest BCUT2D eigenvalue weighted by molar-refractivity contribution is -0.133. The average molecular weight is 460 g/mol. The summed E-state index contributed by atoms with van der Waals surface area (Å²) in [7, 11) is 0. The molecule has 0 fully saturated rings. The van der Waals surface area contributed by atoms with Gasteiger partial charge in [0.05, 0.1) is 6.61 Å². The van der Waals surface area contributed by atoms with E-state index in [0.29, 0.717) is 18.2 Å². The first-order valence-electron chi connectivity index (χ1n) is 9.77. The van der Waals surface area contributed by atoms with Crippen molar-refractivity contribution in [3.63, 3.8) is 0 Å². The van der Waals surface area contributed by atoms with Gasteiger partial charge in [0.1, 0.15) is 12.3 Å². The monoisotopic (exact) mass is 459 g/mol. The molecule has 0 aliphatic rings. The summed E-state index contributed by atoms with van der Waals surface area (Å²) in [6, 6.07) is 12.9. The minimum absolute atomic E-state index is 0.0637. The molecule has 11 heteroatoms. The van der Waals surface area contributed by atoms with Gasteiger partial charge in [0.15, 0.2) is 28.3 Å². The number of rotatable bonds is 8. The zero-order valence-corrected chi connectivity index (χ0v) is 18.2. The zero-order chi connectivity index (χ0) is 23.1. The number of aromatic nitrogens is 3. The number of halogens is 1. The van der Waals surface area contributed by atoms with E-state index in [-0.39, 0.29) is 17.1 Å². The van der Waals surface area contributed by atoms with Crippen molar-refractivity contribution in [2.24, 2.45) is 0 Å². The number of para-hydroxylation sites is 1. The first kappa shape index (κ1) is 22.9. The van der Waals surface area contributed by atoms with Crippen LogP contribution in [0, 0.1) is 10.6 Å². The molecule has 1 atom stereocenters. The van der Waals surface area contributed by atoms with Crippen LogP contribution in [-0.4, -0.2) is 39.3 Å². The Hall–Kier alpha value is -3.73. The smallest absolute Gasteiger partial charge is 0.279 e. The van der Waals surface area contributed by atoms with E-state index in [1.165, 1.54) is 29.7 Å². The predicted octanol–water partition coefficient (Wildman–Crippen LogP) is 2.76. The van der Waals surface area contributed by atoms with Gasteiger partial charge in [-0.25, -0.2) is 4.39 Å². The van der Waals surface area contributed by atoms with E-state index in [1.807, 2.05) is 6.92 Å². The fourth-order valence-electron chi connectivity index (χ4n) is 2.75. The van der Waals surface area contributed by atoms with Crippen LogP contribution in [0.3, 0.4) is 0 Å². The van der Waals surface area contributed by atoms with Gasteiger partial charge in [-0.3, -0.25) is 30.1 Å². The van der Waals surface area contributed by atoms with E-state index >= 15 is 0 Å². The first-order valence-corrected chi connectivity index (χ1v) is 10.2. The fourth-order valence-corrected chi connectivity index (χ4v) is 2.95. The van der Waals surface area contributed by atoms with E-state index in [0.717, 1.165) is 5.56 Å². The van der Waals surface area contributed by atoms with Crippen LogP contribution in [0.25, 0.3) is 11.4 Å². The van der Waals surface area contributed by atoms with Gasteiger partial charge >= 0.3 is 0 Å². The average Bonchev–Trinajstić information content (AvgIpc) is 3.14. The molecule has 0 bridgehead atoms. The molecule has 1 unspecified atom stereocenters. The van der Waals surface area contributed by atoms with Crippen molar-refractivity contribution in [2.45, 2.75) is 26.5 Å². The van der Waals surface area contributed by atoms with E-state index in [1.54, 1.807) is 30.3 Å². The standard InChI is InChI=1S/C21H22FN5O4S/c1-3-30-15-10-8-14(9-11-15)19-24-26-21(32)27(19)12-18(28)23-25-20(29)13(2)31-17-7-5-4-6-16(17)22/h4-11,13H,3,12H2,1-2H3,(H,23,28)(H,25,29)(H,26,32). The Bertz CT molecular complexity index is 1150. The molecule has 1 heterocycles. The quantitative estimate of drug-likeness (QED) is 0.353. The highest BCUT2D eigenvalue weighted by atomic mass is 32.1. The van der Waals surface area contributed by atoms with Gasteiger partial charge in [0.2, 0.25) is 0 Å². The van der Waals surface area contributed by atoms with Crippen molar-refractivity contribution in [1.29, 1.82) is 0 Å². The fraction of sp³-hybridized carbons (Fsp3) is 0.238. The first-order chi connectivity index (χ1) is 15.4. The molecule has 0 radical (unpaired) electrons.